The van der Waals surface area contributed by atoms with Crippen LogP contribution in [-0.4, -0.2) is 53.8 Å². The summed E-state index contributed by atoms with van der Waals surface area (Å²) >= 11 is 0. The molecule has 0 bridgehead atoms. The minimum atomic E-state index is -0.233. The number of imide groups is 1. The molecule has 2 unspecified atom stereocenters. The summed E-state index contributed by atoms with van der Waals surface area (Å²) in [5.74, 6) is 0.140. The molecule has 2 atom stereocenters. The Labute approximate surface area is 157 Å². The summed E-state index contributed by atoms with van der Waals surface area (Å²) in [6.07, 6.45) is 1.94. The van der Waals surface area contributed by atoms with Crippen molar-refractivity contribution in [2.24, 2.45) is 22.7 Å². The molecule has 2 fully saturated rings. The van der Waals surface area contributed by atoms with E-state index in [1.165, 1.54) is 4.90 Å². The van der Waals surface area contributed by atoms with Crippen LogP contribution in [0.2, 0.25) is 0 Å². The van der Waals surface area contributed by atoms with Crippen molar-refractivity contribution in [2.45, 2.75) is 60.8 Å². The minimum Gasteiger partial charge on any atom is -0.338 e. The fraction of sp³-hybridized carbons (Fsp3) is 0.850. The molecule has 0 aromatic heterocycles. The van der Waals surface area contributed by atoms with Gasteiger partial charge in [0.05, 0.1) is 5.92 Å². The normalized spacial score (nSPS) is 24.5. The number of hydrogen-bond acceptors (Lipinski definition) is 3. The molecule has 0 saturated carbocycles. The number of rotatable bonds is 4. The molecule has 2 heterocycles. The van der Waals surface area contributed by atoms with Gasteiger partial charge in [0.15, 0.2) is 0 Å². The van der Waals surface area contributed by atoms with Crippen LogP contribution in [-0.2, 0) is 9.59 Å². The topological polar surface area (TPSA) is 69.7 Å². The first kappa shape index (κ1) is 20.7. The predicted octanol–water partition coefficient (Wildman–Crippen LogP) is 2.88. The van der Waals surface area contributed by atoms with Gasteiger partial charge in [-0.3, -0.25) is 14.5 Å². The van der Waals surface area contributed by atoms with Crippen molar-refractivity contribution in [3.05, 3.63) is 0 Å². The van der Waals surface area contributed by atoms with Crippen LogP contribution in [0.25, 0.3) is 0 Å². The summed E-state index contributed by atoms with van der Waals surface area (Å²) in [7, 11) is 0. The molecule has 2 aliphatic rings. The van der Waals surface area contributed by atoms with E-state index in [2.05, 4.69) is 26.1 Å². The lowest BCUT2D eigenvalue weighted by Crippen LogP contribution is -2.41. The first-order valence-electron chi connectivity index (χ1n) is 9.78. The van der Waals surface area contributed by atoms with Crippen molar-refractivity contribution in [1.82, 2.24) is 15.1 Å². The van der Waals surface area contributed by atoms with Crippen molar-refractivity contribution in [1.29, 1.82) is 0 Å². The van der Waals surface area contributed by atoms with Crippen LogP contribution in [0.4, 0.5) is 4.79 Å². The molecule has 6 heteroatoms. The average molecular weight is 366 g/mol. The fourth-order valence-electron chi connectivity index (χ4n) is 3.79. The summed E-state index contributed by atoms with van der Waals surface area (Å²) < 4.78 is 0. The fourth-order valence-corrected chi connectivity index (χ4v) is 3.79. The maximum Gasteiger partial charge on any atom is 0.317 e. The van der Waals surface area contributed by atoms with Crippen molar-refractivity contribution in [2.75, 3.05) is 26.2 Å². The van der Waals surface area contributed by atoms with Gasteiger partial charge in [0.25, 0.3) is 0 Å². The first-order chi connectivity index (χ1) is 11.9. The number of nitrogens with zero attached hydrogens (tertiary/aromatic N) is 2. The molecular formula is C20H35N3O3. The van der Waals surface area contributed by atoms with E-state index in [1.807, 2.05) is 25.7 Å². The van der Waals surface area contributed by atoms with Crippen LogP contribution in [0.15, 0.2) is 0 Å². The van der Waals surface area contributed by atoms with E-state index < -0.39 is 0 Å². The van der Waals surface area contributed by atoms with Crippen LogP contribution in [0.5, 0.6) is 0 Å². The second-order valence-corrected chi connectivity index (χ2v) is 9.89. The van der Waals surface area contributed by atoms with Gasteiger partial charge in [-0.05, 0) is 29.6 Å². The third kappa shape index (κ3) is 4.77. The number of hydrogen-bond donors (Lipinski definition) is 1. The maximum absolute atomic E-state index is 12.4. The molecule has 2 rings (SSSR count). The minimum absolute atomic E-state index is 0.0385. The van der Waals surface area contributed by atoms with Gasteiger partial charge in [-0.1, -0.05) is 41.5 Å². The zero-order valence-corrected chi connectivity index (χ0v) is 17.2. The molecule has 0 aromatic rings. The Hall–Kier alpha value is -1.59. The number of likely N-dealkylation sites (tertiary alicyclic amines) is 2. The van der Waals surface area contributed by atoms with E-state index >= 15 is 0 Å². The van der Waals surface area contributed by atoms with Crippen LogP contribution in [0, 0.1) is 22.7 Å². The van der Waals surface area contributed by atoms with Crippen molar-refractivity contribution < 1.29 is 14.4 Å². The van der Waals surface area contributed by atoms with E-state index in [0.717, 1.165) is 19.5 Å². The number of carbonyl (C=O) groups excluding carboxylic acids is 3. The monoisotopic (exact) mass is 365 g/mol. The lowest BCUT2D eigenvalue weighted by Gasteiger charge is -2.27. The number of nitrogens with one attached hydrogen (secondary N) is 1. The molecule has 2 aliphatic heterocycles. The van der Waals surface area contributed by atoms with E-state index in [-0.39, 0.29) is 34.6 Å². The van der Waals surface area contributed by atoms with Gasteiger partial charge in [-0.25, -0.2) is 4.79 Å². The van der Waals surface area contributed by atoms with Gasteiger partial charge < -0.3 is 10.2 Å². The smallest absolute Gasteiger partial charge is 0.317 e. The zero-order chi connectivity index (χ0) is 19.7. The van der Waals surface area contributed by atoms with Gasteiger partial charge in [0.2, 0.25) is 11.8 Å². The SMILES string of the molecule is CC(C)(C)C1CCN(C(=O)NCCCN2C(=O)CC(C(C)(C)C)C2=O)C1. The number of carbonyl (C=O) groups is 3. The molecule has 0 aliphatic carbocycles. The van der Waals surface area contributed by atoms with Crippen LogP contribution in [0.3, 0.4) is 0 Å². The molecule has 1 N–H and O–H groups in total. The Bertz CT molecular complexity index is 560. The summed E-state index contributed by atoms with van der Waals surface area (Å²) in [6.45, 7) is 15.1. The highest BCUT2D eigenvalue weighted by Crippen LogP contribution is 2.35. The molecule has 4 amide bonds. The molecule has 0 aromatic carbocycles. The molecule has 0 radical (unpaired) electrons. The molecular weight excluding hydrogens is 330 g/mol. The Kier molecular flexibility index (Phi) is 6.03. The summed E-state index contributed by atoms with van der Waals surface area (Å²) in [5.41, 5.74) is 0.0180. The quantitative estimate of drug-likeness (QED) is 0.615. The average Bonchev–Trinajstić information content (AvgIpc) is 3.09. The molecule has 2 saturated heterocycles. The van der Waals surface area contributed by atoms with E-state index in [4.69, 9.17) is 0 Å². The summed E-state index contributed by atoms with van der Waals surface area (Å²) in [5, 5.41) is 2.93. The lowest BCUT2D eigenvalue weighted by molar-refractivity contribution is -0.140. The van der Waals surface area contributed by atoms with E-state index in [0.29, 0.717) is 31.8 Å². The zero-order valence-electron chi connectivity index (χ0n) is 17.2. The molecule has 0 spiro atoms. The predicted molar refractivity (Wildman–Crippen MR) is 101 cm³/mol. The van der Waals surface area contributed by atoms with E-state index in [1.54, 1.807) is 0 Å². The van der Waals surface area contributed by atoms with Crippen LogP contribution >= 0.6 is 0 Å². The van der Waals surface area contributed by atoms with Gasteiger partial charge in [0, 0.05) is 32.6 Å². The van der Waals surface area contributed by atoms with Gasteiger partial charge in [-0.2, -0.15) is 0 Å². The molecule has 26 heavy (non-hydrogen) atoms. The Balaban J connectivity index is 1.73. The molecule has 148 valence electrons. The highest BCUT2D eigenvalue weighted by Gasteiger charge is 2.44. The van der Waals surface area contributed by atoms with Gasteiger partial charge in [-0.15, -0.1) is 0 Å². The Morgan fingerprint density at radius 2 is 1.77 bits per heavy atom. The second-order valence-electron chi connectivity index (χ2n) is 9.89. The first-order valence-corrected chi connectivity index (χ1v) is 9.78. The highest BCUT2D eigenvalue weighted by atomic mass is 16.2. The van der Waals surface area contributed by atoms with Crippen LogP contribution in [0.1, 0.15) is 60.8 Å². The van der Waals surface area contributed by atoms with Crippen molar-refractivity contribution in [3.63, 3.8) is 0 Å². The number of amides is 4. The third-order valence-corrected chi connectivity index (χ3v) is 5.82. The largest absolute Gasteiger partial charge is 0.338 e. The third-order valence-electron chi connectivity index (χ3n) is 5.82. The molecule has 6 nitrogen and oxygen atoms in total. The Morgan fingerprint density at radius 3 is 2.27 bits per heavy atom. The number of urea groups is 1. The maximum atomic E-state index is 12.4. The summed E-state index contributed by atoms with van der Waals surface area (Å²) in [4.78, 5) is 40.1. The second kappa shape index (κ2) is 7.57. The van der Waals surface area contributed by atoms with Crippen molar-refractivity contribution in [3.8, 4) is 0 Å². The van der Waals surface area contributed by atoms with Crippen molar-refractivity contribution >= 4 is 17.8 Å². The summed E-state index contributed by atoms with van der Waals surface area (Å²) in [6, 6.07) is -0.0385. The standard InChI is InChI=1S/C20H35N3O3/c1-19(2,3)14-8-11-22(13-14)18(26)21-9-7-10-23-16(24)12-15(17(23)25)20(4,5)6/h14-15H,7-13H2,1-6H3,(H,21,26). The van der Waals surface area contributed by atoms with Crippen LogP contribution < -0.4 is 5.32 Å². The highest BCUT2D eigenvalue weighted by molar-refractivity contribution is 6.03. The van der Waals surface area contributed by atoms with Gasteiger partial charge in [0.1, 0.15) is 0 Å². The lowest BCUT2D eigenvalue weighted by atomic mass is 9.80. The van der Waals surface area contributed by atoms with E-state index in [9.17, 15) is 14.4 Å². The van der Waals surface area contributed by atoms with Gasteiger partial charge >= 0.3 is 6.03 Å². The Morgan fingerprint density at radius 1 is 1.12 bits per heavy atom.